The van der Waals surface area contributed by atoms with Gasteiger partial charge in [0, 0.05) is 39.0 Å². The molecule has 0 aromatic rings. The quantitative estimate of drug-likeness (QED) is 0.238. The van der Waals surface area contributed by atoms with Crippen LogP contribution in [0.1, 0.15) is 19.3 Å². The number of amides is 4. The first kappa shape index (κ1) is 24.8. The first-order chi connectivity index (χ1) is 13.4. The normalized spacial score (nSPS) is 10.1. The van der Waals surface area contributed by atoms with Crippen LogP contribution in [0.2, 0.25) is 0 Å². The highest BCUT2D eigenvalue weighted by Gasteiger charge is 2.47. The Morgan fingerprint density at radius 2 is 1.04 bits per heavy atom. The van der Waals surface area contributed by atoms with Crippen LogP contribution in [0.25, 0.3) is 0 Å². The molecular formula is C20H30N4O4. The van der Waals surface area contributed by atoms with Gasteiger partial charge in [0.15, 0.2) is 0 Å². The zero-order valence-electron chi connectivity index (χ0n) is 16.2. The van der Waals surface area contributed by atoms with Crippen molar-refractivity contribution in [2.45, 2.75) is 19.3 Å². The molecule has 28 heavy (non-hydrogen) atoms. The number of carbonyl (C=O) groups is 4. The van der Waals surface area contributed by atoms with Crippen molar-refractivity contribution in [1.29, 1.82) is 0 Å². The van der Waals surface area contributed by atoms with E-state index in [4.69, 9.17) is 0 Å². The van der Waals surface area contributed by atoms with E-state index in [2.05, 4.69) is 47.6 Å². The Hall–Kier alpha value is -3.16. The Kier molecular flexibility index (Phi) is 12.4. The van der Waals surface area contributed by atoms with Crippen molar-refractivity contribution in [2.24, 2.45) is 5.41 Å². The zero-order chi connectivity index (χ0) is 21.4. The second-order valence-corrected chi connectivity index (χ2v) is 5.94. The van der Waals surface area contributed by atoms with Gasteiger partial charge in [-0.15, -0.1) is 26.3 Å². The first-order valence-corrected chi connectivity index (χ1v) is 8.91. The van der Waals surface area contributed by atoms with Gasteiger partial charge in [0.1, 0.15) is 5.41 Å². The minimum absolute atomic E-state index is 0.117. The fourth-order valence-electron chi connectivity index (χ4n) is 2.37. The summed E-state index contributed by atoms with van der Waals surface area (Å²) < 4.78 is 0. The molecule has 0 spiro atoms. The molecule has 0 radical (unpaired) electrons. The van der Waals surface area contributed by atoms with Gasteiger partial charge < -0.3 is 21.3 Å². The van der Waals surface area contributed by atoms with Crippen LogP contribution in [-0.2, 0) is 19.2 Å². The van der Waals surface area contributed by atoms with Crippen LogP contribution in [-0.4, -0.2) is 49.8 Å². The van der Waals surface area contributed by atoms with Gasteiger partial charge in [-0.3, -0.25) is 19.2 Å². The van der Waals surface area contributed by atoms with Crippen LogP contribution in [0.5, 0.6) is 0 Å². The molecule has 0 heterocycles. The van der Waals surface area contributed by atoms with Crippen molar-refractivity contribution in [3.05, 3.63) is 50.6 Å². The molecule has 0 bridgehead atoms. The van der Waals surface area contributed by atoms with Crippen molar-refractivity contribution in [3.63, 3.8) is 0 Å². The van der Waals surface area contributed by atoms with Crippen molar-refractivity contribution < 1.29 is 19.2 Å². The van der Waals surface area contributed by atoms with Crippen LogP contribution < -0.4 is 21.3 Å². The molecule has 0 fully saturated rings. The summed E-state index contributed by atoms with van der Waals surface area (Å²) in [6, 6.07) is 0. The van der Waals surface area contributed by atoms with E-state index in [1.54, 1.807) is 0 Å². The van der Waals surface area contributed by atoms with Gasteiger partial charge in [-0.2, -0.15) is 0 Å². The average Bonchev–Trinajstić information content (AvgIpc) is 2.69. The second-order valence-electron chi connectivity index (χ2n) is 5.94. The molecule has 0 saturated carbocycles. The van der Waals surface area contributed by atoms with Crippen molar-refractivity contribution in [1.82, 2.24) is 21.3 Å². The fourth-order valence-corrected chi connectivity index (χ4v) is 2.37. The van der Waals surface area contributed by atoms with Crippen LogP contribution in [0.15, 0.2) is 50.6 Å². The molecule has 0 aliphatic heterocycles. The molecule has 0 aromatic carbocycles. The van der Waals surface area contributed by atoms with Crippen molar-refractivity contribution in [2.75, 3.05) is 26.2 Å². The number of carbonyl (C=O) groups excluding carboxylic acids is 4. The maximum atomic E-state index is 12.9. The average molecular weight is 390 g/mol. The van der Waals surface area contributed by atoms with Crippen LogP contribution in [0.4, 0.5) is 0 Å². The molecule has 0 unspecified atom stereocenters. The summed E-state index contributed by atoms with van der Waals surface area (Å²) in [4.78, 5) is 50.1. The van der Waals surface area contributed by atoms with E-state index >= 15 is 0 Å². The minimum atomic E-state index is -1.76. The lowest BCUT2D eigenvalue weighted by Gasteiger charge is -2.30. The van der Waals surface area contributed by atoms with Crippen molar-refractivity contribution >= 4 is 23.6 Å². The summed E-state index contributed by atoms with van der Waals surface area (Å²) in [5.41, 5.74) is -1.76. The van der Waals surface area contributed by atoms with Crippen LogP contribution in [0.3, 0.4) is 0 Å². The predicted molar refractivity (Wildman–Crippen MR) is 109 cm³/mol. The van der Waals surface area contributed by atoms with Gasteiger partial charge in [-0.25, -0.2) is 0 Å². The van der Waals surface area contributed by atoms with Gasteiger partial charge in [0.25, 0.3) is 0 Å². The highest BCUT2D eigenvalue weighted by Crippen LogP contribution is 2.30. The van der Waals surface area contributed by atoms with Crippen molar-refractivity contribution in [3.8, 4) is 0 Å². The van der Waals surface area contributed by atoms with Crippen LogP contribution in [0, 0.1) is 5.41 Å². The van der Waals surface area contributed by atoms with Gasteiger partial charge in [-0.05, 0) is 6.42 Å². The predicted octanol–water partition coefficient (Wildman–Crippen LogP) is 0.352. The highest BCUT2D eigenvalue weighted by molar-refractivity contribution is 6.08. The fraction of sp³-hybridized carbons (Fsp3) is 0.400. The van der Waals surface area contributed by atoms with E-state index in [1.807, 2.05) is 0 Å². The number of hydrogen-bond donors (Lipinski definition) is 4. The third-order valence-corrected chi connectivity index (χ3v) is 3.81. The summed E-state index contributed by atoms with van der Waals surface area (Å²) in [6.07, 6.45) is 5.23. The monoisotopic (exact) mass is 390 g/mol. The standard InChI is InChI=1S/C20H30N4O4/c1-5-11-21-16(25)9-10-20(18(27)23-13-7-3,19(28)24-14-8-4)15-17(26)22-12-6-2/h5-8H,1-4,9-15H2,(H,21,25)(H,22,26)(H,23,27)(H,24,28). The lowest BCUT2D eigenvalue weighted by atomic mass is 9.77. The SMILES string of the molecule is C=CCNC(=O)CCC(CC(=O)NCC=C)(C(=O)NCC=C)C(=O)NCC=C. The number of hydrogen-bond acceptors (Lipinski definition) is 4. The minimum Gasteiger partial charge on any atom is -0.353 e. The second kappa shape index (κ2) is 14.0. The molecule has 0 saturated heterocycles. The lowest BCUT2D eigenvalue weighted by Crippen LogP contribution is -2.54. The topological polar surface area (TPSA) is 116 Å². The van der Waals surface area contributed by atoms with Crippen LogP contribution >= 0.6 is 0 Å². The molecule has 0 aromatic heterocycles. The maximum absolute atomic E-state index is 12.9. The Morgan fingerprint density at radius 3 is 1.46 bits per heavy atom. The summed E-state index contributed by atoms with van der Waals surface area (Å²) in [7, 11) is 0. The molecule has 154 valence electrons. The first-order valence-electron chi connectivity index (χ1n) is 8.91. The molecular weight excluding hydrogens is 360 g/mol. The highest BCUT2D eigenvalue weighted by atomic mass is 16.2. The van der Waals surface area contributed by atoms with E-state index in [1.165, 1.54) is 24.3 Å². The Labute approximate surface area is 166 Å². The summed E-state index contributed by atoms with van der Waals surface area (Å²) in [5.74, 6) is -2.17. The van der Waals surface area contributed by atoms with Gasteiger partial charge >= 0.3 is 0 Å². The molecule has 0 aliphatic carbocycles. The summed E-state index contributed by atoms with van der Waals surface area (Å²) in [5, 5.41) is 10.3. The van der Waals surface area contributed by atoms with E-state index in [0.29, 0.717) is 0 Å². The van der Waals surface area contributed by atoms with E-state index in [9.17, 15) is 19.2 Å². The van der Waals surface area contributed by atoms with E-state index in [-0.39, 0.29) is 44.9 Å². The molecule has 4 amide bonds. The summed E-state index contributed by atoms with van der Waals surface area (Å²) in [6.45, 7) is 14.8. The maximum Gasteiger partial charge on any atom is 0.236 e. The molecule has 0 rings (SSSR count). The largest absolute Gasteiger partial charge is 0.353 e. The molecule has 8 heteroatoms. The van der Waals surface area contributed by atoms with E-state index in [0.717, 1.165) is 0 Å². The summed E-state index contributed by atoms with van der Waals surface area (Å²) >= 11 is 0. The smallest absolute Gasteiger partial charge is 0.236 e. The molecule has 4 N–H and O–H groups in total. The Morgan fingerprint density at radius 1 is 0.643 bits per heavy atom. The van der Waals surface area contributed by atoms with Gasteiger partial charge in [-0.1, -0.05) is 24.3 Å². The van der Waals surface area contributed by atoms with Gasteiger partial charge in [0.2, 0.25) is 23.6 Å². The lowest BCUT2D eigenvalue weighted by molar-refractivity contribution is -0.148. The molecule has 0 atom stereocenters. The molecule has 8 nitrogen and oxygen atoms in total. The third-order valence-electron chi connectivity index (χ3n) is 3.81. The number of nitrogens with one attached hydrogen (secondary N) is 4. The van der Waals surface area contributed by atoms with E-state index < -0.39 is 29.6 Å². The molecule has 0 aliphatic rings. The third kappa shape index (κ3) is 8.48. The number of rotatable bonds is 15. The Bertz CT molecular complexity index is 589. The van der Waals surface area contributed by atoms with Gasteiger partial charge in [0.05, 0.1) is 0 Å². The zero-order valence-corrected chi connectivity index (χ0v) is 16.2. The Balaban J connectivity index is 5.72.